The Kier molecular flexibility index (Phi) is 4.34. The number of rotatable bonds is 3. The highest BCUT2D eigenvalue weighted by Crippen LogP contribution is 2.34. The van der Waals surface area contributed by atoms with Crippen LogP contribution in [0.1, 0.15) is 18.1 Å². The SMILES string of the molecule is COc1ccc(C2=C(C)C(Nc3ccc(F)cc3C)=NS2(=O)=O)cc1. The van der Waals surface area contributed by atoms with Crippen molar-refractivity contribution >= 4 is 26.5 Å². The summed E-state index contributed by atoms with van der Waals surface area (Å²) in [5, 5.41) is 2.99. The topological polar surface area (TPSA) is 67.8 Å². The number of aryl methyl sites for hydroxylation is 1. The van der Waals surface area contributed by atoms with Crippen LogP contribution in [0.15, 0.2) is 52.4 Å². The summed E-state index contributed by atoms with van der Waals surface area (Å²) in [7, 11) is -2.27. The third-order valence-corrected chi connectivity index (χ3v) is 5.44. The Labute approximate surface area is 145 Å². The summed E-state index contributed by atoms with van der Waals surface area (Å²) in [6.07, 6.45) is 0. The molecule has 3 rings (SSSR count). The predicted molar refractivity (Wildman–Crippen MR) is 96.7 cm³/mol. The Balaban J connectivity index is 2.00. The summed E-state index contributed by atoms with van der Waals surface area (Å²) in [6, 6.07) is 11.0. The zero-order valence-corrected chi connectivity index (χ0v) is 14.8. The Morgan fingerprint density at radius 3 is 2.36 bits per heavy atom. The van der Waals surface area contributed by atoms with Crippen LogP contribution < -0.4 is 10.1 Å². The van der Waals surface area contributed by atoms with E-state index in [0.717, 1.165) is 0 Å². The maximum Gasteiger partial charge on any atom is 0.285 e. The van der Waals surface area contributed by atoms with Gasteiger partial charge in [0.15, 0.2) is 0 Å². The zero-order valence-electron chi connectivity index (χ0n) is 14.0. The van der Waals surface area contributed by atoms with Crippen molar-refractivity contribution in [1.29, 1.82) is 0 Å². The molecule has 0 aliphatic carbocycles. The molecule has 0 saturated heterocycles. The van der Waals surface area contributed by atoms with Gasteiger partial charge in [0.2, 0.25) is 0 Å². The van der Waals surface area contributed by atoms with Crippen LogP contribution in [0.2, 0.25) is 0 Å². The van der Waals surface area contributed by atoms with Crippen LogP contribution >= 0.6 is 0 Å². The number of benzene rings is 2. The minimum Gasteiger partial charge on any atom is -0.497 e. The van der Waals surface area contributed by atoms with Crippen LogP contribution in [-0.2, 0) is 10.0 Å². The minimum atomic E-state index is -3.81. The first-order valence-corrected chi connectivity index (χ1v) is 8.99. The third kappa shape index (κ3) is 3.28. The van der Waals surface area contributed by atoms with E-state index in [1.165, 1.54) is 12.1 Å². The number of nitrogens with one attached hydrogen (secondary N) is 1. The number of sulfonamides is 1. The van der Waals surface area contributed by atoms with Crippen molar-refractivity contribution in [2.45, 2.75) is 13.8 Å². The highest BCUT2D eigenvalue weighted by atomic mass is 32.2. The lowest BCUT2D eigenvalue weighted by Crippen LogP contribution is -2.12. The third-order valence-electron chi connectivity index (χ3n) is 3.96. The lowest BCUT2D eigenvalue weighted by Gasteiger charge is -2.10. The summed E-state index contributed by atoms with van der Waals surface area (Å²) in [4.78, 5) is 0.150. The molecule has 7 heteroatoms. The minimum absolute atomic E-state index is 0.150. The normalized spacial score (nSPS) is 15.9. The molecule has 0 unspecified atom stereocenters. The molecule has 0 spiro atoms. The van der Waals surface area contributed by atoms with E-state index in [4.69, 9.17) is 4.74 Å². The maximum atomic E-state index is 13.2. The monoisotopic (exact) mass is 360 g/mol. The lowest BCUT2D eigenvalue weighted by atomic mass is 10.1. The van der Waals surface area contributed by atoms with Crippen molar-refractivity contribution in [2.75, 3.05) is 12.4 Å². The van der Waals surface area contributed by atoms with Crippen LogP contribution in [0.25, 0.3) is 4.91 Å². The standard InChI is InChI=1S/C18H17FN2O3S/c1-11-10-14(19)6-9-16(11)20-18-12(2)17(25(22,23)21-18)13-4-7-15(24-3)8-5-13/h4-10H,1-3H3,(H,20,21). The number of ether oxygens (including phenoxy) is 1. The van der Waals surface area contributed by atoms with Crippen molar-refractivity contribution < 1.29 is 17.5 Å². The molecule has 0 bridgehead atoms. The Morgan fingerprint density at radius 2 is 1.76 bits per heavy atom. The van der Waals surface area contributed by atoms with Gasteiger partial charge in [-0.1, -0.05) is 0 Å². The highest BCUT2D eigenvalue weighted by Gasteiger charge is 2.31. The molecule has 0 fully saturated rings. The Bertz CT molecular complexity index is 993. The number of hydrogen-bond donors (Lipinski definition) is 1. The molecule has 1 aliphatic rings. The number of hydrogen-bond acceptors (Lipinski definition) is 4. The number of methoxy groups -OCH3 is 1. The molecule has 0 saturated carbocycles. The van der Waals surface area contributed by atoms with Gasteiger partial charge in [0.05, 0.1) is 7.11 Å². The quantitative estimate of drug-likeness (QED) is 0.906. The summed E-state index contributed by atoms with van der Waals surface area (Å²) < 4.78 is 47.1. The summed E-state index contributed by atoms with van der Waals surface area (Å²) in [5.41, 5.74) is 2.31. The van der Waals surface area contributed by atoms with Gasteiger partial charge in [-0.25, -0.2) is 4.39 Å². The predicted octanol–water partition coefficient (Wildman–Crippen LogP) is 3.73. The van der Waals surface area contributed by atoms with Gasteiger partial charge in [-0.15, -0.1) is 4.40 Å². The van der Waals surface area contributed by atoms with Gasteiger partial charge < -0.3 is 10.1 Å². The Hall–Kier alpha value is -2.67. The van der Waals surface area contributed by atoms with Crippen molar-refractivity contribution in [1.82, 2.24) is 0 Å². The van der Waals surface area contributed by atoms with Gasteiger partial charge in [-0.05, 0) is 67.4 Å². The van der Waals surface area contributed by atoms with Gasteiger partial charge in [0, 0.05) is 11.3 Å². The first-order chi connectivity index (χ1) is 11.8. The van der Waals surface area contributed by atoms with E-state index in [2.05, 4.69) is 9.71 Å². The molecular formula is C18H17FN2O3S. The molecule has 0 atom stereocenters. The molecule has 5 nitrogen and oxygen atoms in total. The van der Waals surface area contributed by atoms with Gasteiger partial charge in [0.25, 0.3) is 10.0 Å². The van der Waals surface area contributed by atoms with Crippen LogP contribution in [0.4, 0.5) is 10.1 Å². The maximum absolute atomic E-state index is 13.2. The van der Waals surface area contributed by atoms with E-state index >= 15 is 0 Å². The van der Waals surface area contributed by atoms with Crippen molar-refractivity contribution in [3.8, 4) is 5.75 Å². The zero-order chi connectivity index (χ0) is 18.2. The number of halogens is 1. The molecule has 0 amide bonds. The largest absolute Gasteiger partial charge is 0.497 e. The molecule has 2 aromatic carbocycles. The van der Waals surface area contributed by atoms with Crippen molar-refractivity contribution in [3.05, 3.63) is 65.0 Å². The number of nitrogens with zero attached hydrogens (tertiary/aromatic N) is 1. The fourth-order valence-electron chi connectivity index (χ4n) is 2.65. The van der Waals surface area contributed by atoms with E-state index < -0.39 is 10.0 Å². The molecule has 2 aromatic rings. The van der Waals surface area contributed by atoms with E-state index in [1.807, 2.05) is 0 Å². The first kappa shape index (κ1) is 17.2. The van der Waals surface area contributed by atoms with Crippen molar-refractivity contribution in [3.63, 3.8) is 0 Å². The number of amidine groups is 1. The van der Waals surface area contributed by atoms with E-state index in [1.54, 1.807) is 51.3 Å². The van der Waals surface area contributed by atoms with Crippen LogP contribution in [0.5, 0.6) is 5.75 Å². The average molecular weight is 360 g/mol. The van der Waals surface area contributed by atoms with Gasteiger partial charge >= 0.3 is 0 Å². The average Bonchev–Trinajstić information content (AvgIpc) is 2.79. The Morgan fingerprint density at radius 1 is 1.08 bits per heavy atom. The number of anilines is 1. The molecule has 130 valence electrons. The second-order valence-electron chi connectivity index (χ2n) is 5.68. The van der Waals surface area contributed by atoms with Gasteiger partial charge in [-0.3, -0.25) is 0 Å². The molecular weight excluding hydrogens is 343 g/mol. The van der Waals surface area contributed by atoms with E-state index in [0.29, 0.717) is 28.1 Å². The molecule has 25 heavy (non-hydrogen) atoms. The molecule has 1 N–H and O–H groups in total. The first-order valence-electron chi connectivity index (χ1n) is 7.55. The summed E-state index contributed by atoms with van der Waals surface area (Å²) in [5.74, 6) is 0.523. The second kappa shape index (κ2) is 6.33. The second-order valence-corrected chi connectivity index (χ2v) is 7.22. The van der Waals surface area contributed by atoms with Crippen LogP contribution in [0, 0.1) is 12.7 Å². The van der Waals surface area contributed by atoms with Crippen LogP contribution in [0.3, 0.4) is 0 Å². The summed E-state index contributed by atoms with van der Waals surface area (Å²) >= 11 is 0. The summed E-state index contributed by atoms with van der Waals surface area (Å²) in [6.45, 7) is 3.42. The van der Waals surface area contributed by atoms with E-state index in [-0.39, 0.29) is 16.6 Å². The van der Waals surface area contributed by atoms with E-state index in [9.17, 15) is 12.8 Å². The molecule has 0 radical (unpaired) electrons. The van der Waals surface area contributed by atoms with Gasteiger partial charge in [-0.2, -0.15) is 8.42 Å². The van der Waals surface area contributed by atoms with Gasteiger partial charge in [0.1, 0.15) is 22.3 Å². The van der Waals surface area contributed by atoms with Crippen LogP contribution in [-0.4, -0.2) is 21.4 Å². The molecule has 1 aliphatic heterocycles. The smallest absolute Gasteiger partial charge is 0.285 e. The molecule has 0 aromatic heterocycles. The fraction of sp³-hybridized carbons (Fsp3) is 0.167. The fourth-order valence-corrected chi connectivity index (χ4v) is 4.09. The van der Waals surface area contributed by atoms with Crippen molar-refractivity contribution in [2.24, 2.45) is 4.40 Å². The lowest BCUT2D eigenvalue weighted by molar-refractivity contribution is 0.415. The molecule has 1 heterocycles. The highest BCUT2D eigenvalue weighted by molar-refractivity contribution is 8.00.